The van der Waals surface area contributed by atoms with Crippen molar-refractivity contribution < 1.29 is 34.6 Å². The van der Waals surface area contributed by atoms with Gasteiger partial charge < -0.3 is 40.0 Å². The maximum Gasteiger partial charge on any atom is 0.187 e. The molecule has 5 N–H and O–H groups in total. The smallest absolute Gasteiger partial charge is 0.187 e. The van der Waals surface area contributed by atoms with Crippen LogP contribution in [0.3, 0.4) is 0 Å². The van der Waals surface area contributed by atoms with E-state index in [1.807, 2.05) is 13.8 Å². The molecule has 25 heavy (non-hydrogen) atoms. The lowest BCUT2D eigenvalue weighted by molar-refractivity contribution is -0.296. The first-order valence-electron chi connectivity index (χ1n) is 8.41. The number of likely N-dealkylation sites (N-methyl/N-ethyl adjacent to an activating group) is 1. The Kier molecular flexibility index (Phi) is 9.73. The Bertz CT molecular complexity index is 471. The molecule has 5 atom stereocenters. The Labute approximate surface area is 148 Å². The van der Waals surface area contributed by atoms with Gasteiger partial charge in [0.2, 0.25) is 0 Å². The SMILES string of the molecule is CC.CNCCOC1OC(CO)C(O)C(Oc2ccc(O)cc2)C1O. The standard InChI is InChI=1S/C15H23NO7.C2H6/c1-16-6-7-21-15-13(20)14(12(19)11(8-17)23-15)22-10-4-2-9(18)3-5-10;1-2/h2-5,11-20H,6-8H2,1H3;1-2H3. The maximum absolute atomic E-state index is 10.3. The summed E-state index contributed by atoms with van der Waals surface area (Å²) in [5.74, 6) is 0.436. The zero-order valence-corrected chi connectivity index (χ0v) is 14.8. The first kappa shape index (κ1) is 21.6. The van der Waals surface area contributed by atoms with E-state index in [0.29, 0.717) is 18.9 Å². The van der Waals surface area contributed by atoms with E-state index in [1.54, 1.807) is 7.05 Å². The monoisotopic (exact) mass is 359 g/mol. The molecule has 144 valence electrons. The number of aliphatic hydroxyl groups is 3. The number of aromatic hydroxyl groups is 1. The minimum Gasteiger partial charge on any atom is -0.508 e. The molecule has 1 fully saturated rings. The Hall–Kier alpha value is -1.42. The Morgan fingerprint density at radius 3 is 2.32 bits per heavy atom. The van der Waals surface area contributed by atoms with E-state index in [1.165, 1.54) is 24.3 Å². The van der Waals surface area contributed by atoms with Crippen molar-refractivity contribution in [3.63, 3.8) is 0 Å². The molecule has 0 radical (unpaired) electrons. The fourth-order valence-corrected chi connectivity index (χ4v) is 2.29. The summed E-state index contributed by atoms with van der Waals surface area (Å²) in [5.41, 5.74) is 0. The molecule has 1 saturated heterocycles. The van der Waals surface area contributed by atoms with Gasteiger partial charge in [-0.3, -0.25) is 0 Å². The van der Waals surface area contributed by atoms with E-state index in [4.69, 9.17) is 14.2 Å². The quantitative estimate of drug-likeness (QED) is 0.426. The first-order valence-corrected chi connectivity index (χ1v) is 8.41. The Morgan fingerprint density at radius 1 is 1.12 bits per heavy atom. The van der Waals surface area contributed by atoms with Crippen molar-refractivity contribution in [1.29, 1.82) is 0 Å². The normalized spacial score (nSPS) is 28.8. The number of phenols is 1. The third kappa shape index (κ3) is 6.10. The predicted octanol–water partition coefficient (Wildman–Crippen LogP) is -0.159. The predicted molar refractivity (Wildman–Crippen MR) is 91.5 cm³/mol. The summed E-state index contributed by atoms with van der Waals surface area (Å²) in [6, 6.07) is 5.87. The van der Waals surface area contributed by atoms with Crippen LogP contribution in [0.2, 0.25) is 0 Å². The molecule has 2 rings (SSSR count). The number of phenolic OH excluding ortho intramolecular Hbond substituents is 1. The molecular formula is C17H29NO7. The van der Waals surface area contributed by atoms with Crippen LogP contribution in [0, 0.1) is 0 Å². The summed E-state index contributed by atoms with van der Waals surface area (Å²) >= 11 is 0. The van der Waals surface area contributed by atoms with Gasteiger partial charge in [-0.2, -0.15) is 0 Å². The molecule has 0 aliphatic carbocycles. The number of benzene rings is 1. The highest BCUT2D eigenvalue weighted by molar-refractivity contribution is 5.30. The number of ether oxygens (including phenoxy) is 3. The highest BCUT2D eigenvalue weighted by Crippen LogP contribution is 2.27. The van der Waals surface area contributed by atoms with Crippen LogP contribution >= 0.6 is 0 Å². The van der Waals surface area contributed by atoms with Crippen molar-refractivity contribution in [2.75, 3.05) is 26.8 Å². The van der Waals surface area contributed by atoms with Gasteiger partial charge in [0.05, 0.1) is 13.2 Å². The third-order valence-corrected chi connectivity index (χ3v) is 3.56. The molecule has 0 aromatic heterocycles. The van der Waals surface area contributed by atoms with Crippen LogP contribution < -0.4 is 10.1 Å². The first-order chi connectivity index (χ1) is 12.1. The van der Waals surface area contributed by atoms with Crippen molar-refractivity contribution in [2.45, 2.75) is 44.6 Å². The van der Waals surface area contributed by atoms with Crippen molar-refractivity contribution in [3.05, 3.63) is 24.3 Å². The number of hydrogen-bond acceptors (Lipinski definition) is 8. The van der Waals surface area contributed by atoms with Crippen molar-refractivity contribution in [1.82, 2.24) is 5.32 Å². The highest BCUT2D eigenvalue weighted by atomic mass is 16.7. The minimum absolute atomic E-state index is 0.0759. The number of aliphatic hydroxyl groups excluding tert-OH is 3. The van der Waals surface area contributed by atoms with Crippen molar-refractivity contribution in [3.8, 4) is 11.5 Å². The molecular weight excluding hydrogens is 330 g/mol. The largest absolute Gasteiger partial charge is 0.508 e. The van der Waals surface area contributed by atoms with Crippen molar-refractivity contribution >= 4 is 0 Å². The topological polar surface area (TPSA) is 121 Å². The average molecular weight is 359 g/mol. The summed E-state index contributed by atoms with van der Waals surface area (Å²) < 4.78 is 16.4. The minimum atomic E-state index is -1.24. The van der Waals surface area contributed by atoms with Crippen LogP contribution in [0.4, 0.5) is 0 Å². The lowest BCUT2D eigenvalue weighted by Gasteiger charge is -2.41. The second-order valence-corrected chi connectivity index (χ2v) is 5.26. The van der Waals surface area contributed by atoms with Gasteiger partial charge in [0.25, 0.3) is 0 Å². The van der Waals surface area contributed by atoms with E-state index in [-0.39, 0.29) is 5.75 Å². The maximum atomic E-state index is 10.3. The van der Waals surface area contributed by atoms with Gasteiger partial charge in [-0.25, -0.2) is 0 Å². The summed E-state index contributed by atoms with van der Waals surface area (Å²) in [6.45, 7) is 4.41. The fraction of sp³-hybridized carbons (Fsp3) is 0.647. The van der Waals surface area contributed by atoms with Crippen LogP contribution in [0.5, 0.6) is 11.5 Å². The molecule has 0 bridgehead atoms. The zero-order chi connectivity index (χ0) is 18.8. The molecule has 0 amide bonds. The fourth-order valence-electron chi connectivity index (χ4n) is 2.29. The van der Waals surface area contributed by atoms with Crippen LogP contribution in [0.1, 0.15) is 13.8 Å². The zero-order valence-electron chi connectivity index (χ0n) is 14.8. The van der Waals surface area contributed by atoms with E-state index >= 15 is 0 Å². The summed E-state index contributed by atoms with van der Waals surface area (Å²) in [7, 11) is 1.76. The number of rotatable bonds is 7. The molecule has 5 unspecified atom stereocenters. The number of hydrogen-bond donors (Lipinski definition) is 5. The summed E-state index contributed by atoms with van der Waals surface area (Å²) in [5, 5.41) is 42.1. The second kappa shape index (κ2) is 11.2. The van der Waals surface area contributed by atoms with Gasteiger partial charge in [0.1, 0.15) is 29.8 Å². The van der Waals surface area contributed by atoms with Crippen LogP contribution in [-0.4, -0.2) is 77.9 Å². The lowest BCUT2D eigenvalue weighted by atomic mass is 9.99. The molecule has 1 aromatic rings. The molecule has 0 spiro atoms. The molecule has 8 heteroatoms. The van der Waals surface area contributed by atoms with Crippen LogP contribution in [0.15, 0.2) is 24.3 Å². The molecule has 8 nitrogen and oxygen atoms in total. The third-order valence-electron chi connectivity index (χ3n) is 3.56. The molecule has 1 heterocycles. The van der Waals surface area contributed by atoms with Gasteiger partial charge in [0, 0.05) is 6.54 Å². The van der Waals surface area contributed by atoms with Gasteiger partial charge in [-0.15, -0.1) is 0 Å². The second-order valence-electron chi connectivity index (χ2n) is 5.26. The van der Waals surface area contributed by atoms with Gasteiger partial charge in [-0.1, -0.05) is 13.8 Å². The summed E-state index contributed by atoms with van der Waals surface area (Å²) in [6.07, 6.45) is -5.46. The Balaban J connectivity index is 0.00000151. The molecule has 1 aromatic carbocycles. The van der Waals surface area contributed by atoms with E-state index in [9.17, 15) is 20.4 Å². The highest BCUT2D eigenvalue weighted by Gasteiger charge is 2.46. The Morgan fingerprint density at radius 2 is 1.76 bits per heavy atom. The van der Waals surface area contributed by atoms with Gasteiger partial charge in [0.15, 0.2) is 12.4 Å². The van der Waals surface area contributed by atoms with Crippen LogP contribution in [0.25, 0.3) is 0 Å². The summed E-state index contributed by atoms with van der Waals surface area (Å²) in [4.78, 5) is 0. The molecule has 0 saturated carbocycles. The van der Waals surface area contributed by atoms with E-state index in [2.05, 4.69) is 5.32 Å². The average Bonchev–Trinajstić information content (AvgIpc) is 2.64. The lowest BCUT2D eigenvalue weighted by Crippen LogP contribution is -2.61. The molecule has 1 aliphatic heterocycles. The van der Waals surface area contributed by atoms with Gasteiger partial charge in [-0.05, 0) is 31.3 Å². The van der Waals surface area contributed by atoms with Gasteiger partial charge >= 0.3 is 0 Å². The van der Waals surface area contributed by atoms with E-state index < -0.39 is 37.3 Å². The van der Waals surface area contributed by atoms with Crippen LogP contribution in [-0.2, 0) is 9.47 Å². The molecule has 1 aliphatic rings. The number of nitrogens with one attached hydrogen (secondary N) is 1. The van der Waals surface area contributed by atoms with E-state index in [0.717, 1.165) is 0 Å². The van der Waals surface area contributed by atoms with Crippen molar-refractivity contribution in [2.24, 2.45) is 0 Å².